The van der Waals surface area contributed by atoms with Crippen LogP contribution in [0.3, 0.4) is 0 Å². The lowest BCUT2D eigenvalue weighted by Crippen LogP contribution is -2.48. The summed E-state index contributed by atoms with van der Waals surface area (Å²) in [7, 11) is 1.61. The van der Waals surface area contributed by atoms with Crippen LogP contribution in [0.5, 0.6) is 11.5 Å². The van der Waals surface area contributed by atoms with Crippen molar-refractivity contribution in [2.24, 2.45) is 0 Å². The molecule has 0 aromatic heterocycles. The van der Waals surface area contributed by atoms with E-state index in [-0.39, 0.29) is 12.0 Å². The molecule has 0 aliphatic carbocycles. The quantitative estimate of drug-likeness (QED) is 0.758. The zero-order chi connectivity index (χ0) is 19.8. The number of hydrogen-bond donors (Lipinski definition) is 1. The summed E-state index contributed by atoms with van der Waals surface area (Å²) in [6, 6.07) is 17.6. The average Bonchev–Trinajstić information content (AvgIpc) is 2.73. The lowest BCUT2D eigenvalue weighted by molar-refractivity contribution is -0.128. The monoisotopic (exact) mass is 384 g/mol. The van der Waals surface area contributed by atoms with Gasteiger partial charge < -0.3 is 19.5 Å². The normalized spacial score (nSPS) is 18.3. The number of nitrogens with zero attached hydrogens (tertiary/aromatic N) is 1. The first-order chi connectivity index (χ1) is 13.6. The fourth-order valence-electron chi connectivity index (χ4n) is 3.16. The van der Waals surface area contributed by atoms with Crippen molar-refractivity contribution in [2.45, 2.75) is 25.7 Å². The Morgan fingerprint density at radius 1 is 1.18 bits per heavy atom. The maximum Gasteiger partial charge on any atom is 0.260 e. The van der Waals surface area contributed by atoms with Crippen LogP contribution in [0, 0.1) is 0 Å². The SMILES string of the molecule is COc1ccc(OC(C)C(=O)NCC2CN(Cc3ccccc3)CCO2)cc1. The number of carbonyl (C=O) groups is 1. The van der Waals surface area contributed by atoms with E-state index in [9.17, 15) is 4.79 Å². The Labute approximate surface area is 166 Å². The molecule has 28 heavy (non-hydrogen) atoms. The molecule has 2 unspecified atom stereocenters. The third-order valence-electron chi connectivity index (χ3n) is 4.72. The van der Waals surface area contributed by atoms with Gasteiger partial charge in [0.1, 0.15) is 11.5 Å². The molecule has 1 fully saturated rings. The number of amides is 1. The van der Waals surface area contributed by atoms with Crippen molar-refractivity contribution in [2.75, 3.05) is 33.4 Å². The van der Waals surface area contributed by atoms with Crippen molar-refractivity contribution < 1.29 is 19.0 Å². The smallest absolute Gasteiger partial charge is 0.260 e. The molecule has 1 heterocycles. The largest absolute Gasteiger partial charge is 0.497 e. The van der Waals surface area contributed by atoms with E-state index in [0.717, 1.165) is 25.4 Å². The third-order valence-corrected chi connectivity index (χ3v) is 4.72. The van der Waals surface area contributed by atoms with Gasteiger partial charge in [-0.3, -0.25) is 9.69 Å². The van der Waals surface area contributed by atoms with Gasteiger partial charge in [0.15, 0.2) is 6.10 Å². The number of carbonyl (C=O) groups excluding carboxylic acids is 1. The molecule has 0 radical (unpaired) electrons. The molecule has 0 spiro atoms. The Morgan fingerprint density at radius 3 is 2.61 bits per heavy atom. The van der Waals surface area contributed by atoms with Gasteiger partial charge in [0.2, 0.25) is 0 Å². The molecule has 2 atom stereocenters. The predicted octanol–water partition coefficient (Wildman–Crippen LogP) is 2.48. The van der Waals surface area contributed by atoms with Gasteiger partial charge in [0.25, 0.3) is 5.91 Å². The molecule has 1 N–H and O–H groups in total. The molecule has 2 aromatic rings. The highest BCUT2D eigenvalue weighted by atomic mass is 16.5. The van der Waals surface area contributed by atoms with E-state index in [1.54, 1.807) is 38.3 Å². The molecule has 150 valence electrons. The number of benzene rings is 2. The van der Waals surface area contributed by atoms with Crippen LogP contribution in [0.2, 0.25) is 0 Å². The highest BCUT2D eigenvalue weighted by Gasteiger charge is 2.22. The number of ether oxygens (including phenoxy) is 3. The van der Waals surface area contributed by atoms with E-state index in [1.165, 1.54) is 5.56 Å². The minimum atomic E-state index is -0.586. The molecular weight excluding hydrogens is 356 g/mol. The maximum absolute atomic E-state index is 12.4. The van der Waals surface area contributed by atoms with E-state index < -0.39 is 6.10 Å². The van der Waals surface area contributed by atoms with Crippen LogP contribution in [-0.2, 0) is 16.1 Å². The third kappa shape index (κ3) is 5.97. The van der Waals surface area contributed by atoms with Crippen molar-refractivity contribution in [3.63, 3.8) is 0 Å². The van der Waals surface area contributed by atoms with Gasteiger partial charge in [-0.2, -0.15) is 0 Å². The molecule has 6 heteroatoms. The zero-order valence-electron chi connectivity index (χ0n) is 16.5. The summed E-state index contributed by atoms with van der Waals surface area (Å²) in [5.41, 5.74) is 1.29. The van der Waals surface area contributed by atoms with Gasteiger partial charge in [-0.05, 0) is 36.8 Å². The number of morpholine rings is 1. The average molecular weight is 384 g/mol. The summed E-state index contributed by atoms with van der Waals surface area (Å²) in [4.78, 5) is 14.7. The van der Waals surface area contributed by atoms with Gasteiger partial charge in [0, 0.05) is 26.2 Å². The lowest BCUT2D eigenvalue weighted by Gasteiger charge is -2.33. The Kier molecular flexibility index (Phi) is 7.28. The number of rotatable bonds is 8. The minimum absolute atomic E-state index is 0.0189. The van der Waals surface area contributed by atoms with Crippen LogP contribution in [0.1, 0.15) is 12.5 Å². The standard InChI is InChI=1S/C22H28N2O4/c1-17(28-20-10-8-19(26-2)9-11-20)22(25)23-14-21-16-24(12-13-27-21)15-18-6-4-3-5-7-18/h3-11,17,21H,12-16H2,1-2H3,(H,23,25). The number of hydrogen-bond acceptors (Lipinski definition) is 5. The summed E-state index contributed by atoms with van der Waals surface area (Å²) in [6.07, 6.45) is -0.605. The van der Waals surface area contributed by atoms with Crippen LogP contribution in [0.25, 0.3) is 0 Å². The fraction of sp³-hybridized carbons (Fsp3) is 0.409. The van der Waals surface area contributed by atoms with E-state index in [1.807, 2.05) is 6.07 Å². The molecule has 2 aromatic carbocycles. The van der Waals surface area contributed by atoms with Crippen LogP contribution < -0.4 is 14.8 Å². The minimum Gasteiger partial charge on any atom is -0.497 e. The molecule has 1 amide bonds. The summed E-state index contributed by atoms with van der Waals surface area (Å²) in [5.74, 6) is 1.23. The van der Waals surface area contributed by atoms with Crippen molar-refractivity contribution in [3.05, 3.63) is 60.2 Å². The highest BCUT2D eigenvalue weighted by Crippen LogP contribution is 2.18. The van der Waals surface area contributed by atoms with Gasteiger partial charge >= 0.3 is 0 Å². The molecule has 0 saturated carbocycles. The van der Waals surface area contributed by atoms with Gasteiger partial charge in [0.05, 0.1) is 19.8 Å². The lowest BCUT2D eigenvalue weighted by atomic mass is 10.2. The van der Waals surface area contributed by atoms with E-state index >= 15 is 0 Å². The van der Waals surface area contributed by atoms with Crippen molar-refractivity contribution in [1.82, 2.24) is 10.2 Å². The first-order valence-corrected chi connectivity index (χ1v) is 9.60. The molecule has 0 bridgehead atoms. The van der Waals surface area contributed by atoms with Crippen molar-refractivity contribution >= 4 is 5.91 Å². The van der Waals surface area contributed by atoms with Crippen molar-refractivity contribution in [3.8, 4) is 11.5 Å². The van der Waals surface area contributed by atoms with Crippen LogP contribution in [0.4, 0.5) is 0 Å². The number of methoxy groups -OCH3 is 1. The second-order valence-corrected chi connectivity index (χ2v) is 6.89. The molecular formula is C22H28N2O4. The van der Waals surface area contributed by atoms with E-state index in [2.05, 4.69) is 34.5 Å². The van der Waals surface area contributed by atoms with Crippen molar-refractivity contribution in [1.29, 1.82) is 0 Å². The summed E-state index contributed by atoms with van der Waals surface area (Å²) in [5, 5.41) is 2.94. The summed E-state index contributed by atoms with van der Waals surface area (Å²) >= 11 is 0. The Hall–Kier alpha value is -2.57. The maximum atomic E-state index is 12.4. The Morgan fingerprint density at radius 2 is 1.89 bits per heavy atom. The highest BCUT2D eigenvalue weighted by molar-refractivity contribution is 5.80. The molecule has 6 nitrogen and oxygen atoms in total. The van der Waals surface area contributed by atoms with Gasteiger partial charge in [-0.1, -0.05) is 30.3 Å². The molecule has 1 aliphatic rings. The van der Waals surface area contributed by atoms with Gasteiger partial charge in [-0.15, -0.1) is 0 Å². The van der Waals surface area contributed by atoms with E-state index in [4.69, 9.17) is 14.2 Å². The fourth-order valence-corrected chi connectivity index (χ4v) is 3.16. The van der Waals surface area contributed by atoms with Crippen LogP contribution in [-0.4, -0.2) is 56.4 Å². The Bertz CT molecular complexity index is 736. The van der Waals surface area contributed by atoms with Crippen LogP contribution >= 0.6 is 0 Å². The topological polar surface area (TPSA) is 60.0 Å². The zero-order valence-corrected chi connectivity index (χ0v) is 16.5. The predicted molar refractivity (Wildman–Crippen MR) is 108 cm³/mol. The summed E-state index contributed by atoms with van der Waals surface area (Å²) in [6.45, 7) is 5.47. The van der Waals surface area contributed by atoms with Gasteiger partial charge in [-0.25, -0.2) is 0 Å². The number of nitrogens with one attached hydrogen (secondary N) is 1. The Balaban J connectivity index is 1.42. The summed E-state index contributed by atoms with van der Waals surface area (Å²) < 4.78 is 16.6. The first kappa shape index (κ1) is 20.2. The second kappa shape index (κ2) is 10.1. The van der Waals surface area contributed by atoms with E-state index in [0.29, 0.717) is 18.9 Å². The molecule has 1 saturated heterocycles. The molecule has 3 rings (SSSR count). The second-order valence-electron chi connectivity index (χ2n) is 6.89. The molecule has 1 aliphatic heterocycles. The van der Waals surface area contributed by atoms with Crippen LogP contribution in [0.15, 0.2) is 54.6 Å². The first-order valence-electron chi connectivity index (χ1n) is 9.60.